The number of nitrogens with zero attached hydrogens (tertiary/aromatic N) is 3. The number of amides is 2. The van der Waals surface area contributed by atoms with Crippen LogP contribution in [-0.2, 0) is 21.2 Å². The Hall–Kier alpha value is -3.48. The van der Waals surface area contributed by atoms with Gasteiger partial charge in [-0.2, -0.15) is 13.2 Å². The monoisotopic (exact) mass is 614 g/mol. The van der Waals surface area contributed by atoms with E-state index in [2.05, 4.69) is 27.8 Å². The minimum absolute atomic E-state index is 0.0106. The van der Waals surface area contributed by atoms with Crippen molar-refractivity contribution in [3.8, 4) is 0 Å². The SMILES string of the molecule is CC(=O)N1CC=C(c2csc(C3(C4=NC(O)C5=C(CCCN(C(=O)[C@H](O)c6cccc(C(F)(F)F)c6)C5)N4)CC3)c2)CC1. The van der Waals surface area contributed by atoms with Gasteiger partial charge >= 0.3 is 6.18 Å². The summed E-state index contributed by atoms with van der Waals surface area (Å²) in [5.41, 5.74) is 2.31. The number of amidine groups is 1. The number of carbonyl (C=O) groups excluding carboxylic acids is 2. The lowest BCUT2D eigenvalue weighted by Crippen LogP contribution is -2.43. The van der Waals surface area contributed by atoms with Gasteiger partial charge in [-0.3, -0.25) is 9.59 Å². The Balaban J connectivity index is 1.16. The summed E-state index contributed by atoms with van der Waals surface area (Å²) < 4.78 is 39.5. The van der Waals surface area contributed by atoms with Crippen LogP contribution in [0.3, 0.4) is 0 Å². The smallest absolute Gasteiger partial charge is 0.378 e. The van der Waals surface area contributed by atoms with Gasteiger partial charge in [0.15, 0.2) is 12.3 Å². The Labute approximate surface area is 251 Å². The molecule has 0 radical (unpaired) electrons. The predicted octanol–water partition coefficient (Wildman–Crippen LogP) is 4.36. The van der Waals surface area contributed by atoms with Crippen LogP contribution >= 0.6 is 11.3 Å². The van der Waals surface area contributed by atoms with E-state index in [4.69, 9.17) is 0 Å². The van der Waals surface area contributed by atoms with Gasteiger partial charge in [0.25, 0.3) is 5.91 Å². The third-order valence-electron chi connectivity index (χ3n) is 8.81. The van der Waals surface area contributed by atoms with Gasteiger partial charge in [0.2, 0.25) is 5.91 Å². The molecule has 4 aliphatic rings. The van der Waals surface area contributed by atoms with Crippen LogP contribution in [0.5, 0.6) is 0 Å². The first-order valence-electron chi connectivity index (χ1n) is 14.4. The molecule has 1 unspecified atom stereocenters. The van der Waals surface area contributed by atoms with Crippen molar-refractivity contribution in [2.45, 2.75) is 63.0 Å². The first-order chi connectivity index (χ1) is 20.5. The number of carbonyl (C=O) groups is 2. The molecule has 4 heterocycles. The van der Waals surface area contributed by atoms with E-state index in [1.807, 2.05) is 4.90 Å². The van der Waals surface area contributed by atoms with Crippen molar-refractivity contribution in [2.75, 3.05) is 26.2 Å². The molecule has 1 aromatic carbocycles. The molecule has 228 valence electrons. The number of aliphatic imine (C=N–C) groups is 1. The van der Waals surface area contributed by atoms with Crippen LogP contribution in [0.1, 0.15) is 66.7 Å². The van der Waals surface area contributed by atoms with Crippen LogP contribution in [0.4, 0.5) is 13.2 Å². The molecule has 0 spiro atoms. The van der Waals surface area contributed by atoms with Crippen molar-refractivity contribution in [1.29, 1.82) is 0 Å². The molecule has 3 N–H and O–H groups in total. The van der Waals surface area contributed by atoms with Gasteiger partial charge in [0.1, 0.15) is 5.84 Å². The molecule has 2 amide bonds. The molecule has 0 saturated heterocycles. The zero-order valence-electron chi connectivity index (χ0n) is 23.7. The molecule has 3 aliphatic heterocycles. The summed E-state index contributed by atoms with van der Waals surface area (Å²) in [5, 5.41) is 27.5. The number of hydrogen-bond donors (Lipinski definition) is 3. The summed E-state index contributed by atoms with van der Waals surface area (Å²) in [5.74, 6) is 0.0596. The lowest BCUT2D eigenvalue weighted by molar-refractivity contribution is -0.141. The highest BCUT2D eigenvalue weighted by Gasteiger charge is 2.52. The number of hydrogen-bond acceptors (Lipinski definition) is 7. The van der Waals surface area contributed by atoms with Crippen molar-refractivity contribution in [3.63, 3.8) is 0 Å². The van der Waals surface area contributed by atoms with E-state index < -0.39 is 30.0 Å². The number of benzene rings is 1. The van der Waals surface area contributed by atoms with Crippen LogP contribution in [-0.4, -0.2) is 70.1 Å². The first-order valence-corrected chi connectivity index (χ1v) is 15.3. The molecule has 0 bridgehead atoms. The van der Waals surface area contributed by atoms with E-state index in [0.29, 0.717) is 37.3 Å². The fourth-order valence-corrected chi connectivity index (χ4v) is 7.27. The molecule has 1 aliphatic carbocycles. The van der Waals surface area contributed by atoms with E-state index in [1.54, 1.807) is 18.3 Å². The molecular weight excluding hydrogens is 581 g/mol. The molecule has 43 heavy (non-hydrogen) atoms. The first kappa shape index (κ1) is 29.6. The van der Waals surface area contributed by atoms with E-state index in [-0.39, 0.29) is 30.0 Å². The van der Waals surface area contributed by atoms with Crippen molar-refractivity contribution >= 4 is 34.6 Å². The summed E-state index contributed by atoms with van der Waals surface area (Å²) in [6.07, 6.45) is -1.74. The molecule has 12 heteroatoms. The van der Waals surface area contributed by atoms with Crippen LogP contribution in [0.15, 0.2) is 58.1 Å². The topological polar surface area (TPSA) is 105 Å². The normalized spacial score (nSPS) is 22.6. The van der Waals surface area contributed by atoms with Gasteiger partial charge < -0.3 is 25.3 Å². The average molecular weight is 615 g/mol. The number of nitrogens with one attached hydrogen (secondary N) is 1. The largest absolute Gasteiger partial charge is 0.416 e. The summed E-state index contributed by atoms with van der Waals surface area (Å²) in [6.45, 7) is 3.18. The lowest BCUT2D eigenvalue weighted by Gasteiger charge is -2.30. The number of allylic oxidation sites excluding steroid dienone is 1. The summed E-state index contributed by atoms with van der Waals surface area (Å²) in [7, 11) is 0. The average Bonchev–Trinajstić information content (AvgIpc) is 3.70. The maximum atomic E-state index is 13.2. The molecule has 8 nitrogen and oxygen atoms in total. The molecule has 1 fully saturated rings. The Bertz CT molecular complexity index is 1540. The fraction of sp³-hybridized carbons (Fsp3) is 0.452. The number of aliphatic hydroxyl groups excluding tert-OH is 2. The third kappa shape index (κ3) is 5.75. The quantitative estimate of drug-likeness (QED) is 0.464. The summed E-state index contributed by atoms with van der Waals surface area (Å²) >= 11 is 1.66. The van der Waals surface area contributed by atoms with E-state index in [0.717, 1.165) is 47.5 Å². The molecular formula is C31H33F3N4O4S. The summed E-state index contributed by atoms with van der Waals surface area (Å²) in [6, 6.07) is 6.33. The van der Waals surface area contributed by atoms with Gasteiger partial charge in [-0.25, -0.2) is 4.99 Å². The van der Waals surface area contributed by atoms with Gasteiger partial charge in [-0.1, -0.05) is 18.2 Å². The Kier molecular flexibility index (Phi) is 7.72. The predicted molar refractivity (Wildman–Crippen MR) is 156 cm³/mol. The van der Waals surface area contributed by atoms with Gasteiger partial charge in [-0.05, 0) is 72.4 Å². The Morgan fingerprint density at radius 1 is 1.16 bits per heavy atom. The molecule has 2 atom stereocenters. The standard InChI is InChI=1S/C31H33F3N4O4S/c1-18(39)37-12-7-19(8-13-37)21-15-25(43-17-21)30(9-10-30)29-35-24-6-3-11-38(16-23(24)27(41)36-29)28(42)26(40)20-4-2-5-22(14-20)31(32,33)34/h2,4-5,7,14-15,17,26-27,40-41H,3,6,8-13,16H2,1H3,(H,35,36)/t26-,27?/m1/s1. The number of rotatable bonds is 5. The van der Waals surface area contributed by atoms with Crippen LogP contribution < -0.4 is 5.32 Å². The van der Waals surface area contributed by atoms with E-state index >= 15 is 0 Å². The number of halogens is 3. The molecule has 2 aromatic rings. The maximum Gasteiger partial charge on any atom is 0.416 e. The van der Waals surface area contributed by atoms with Crippen molar-refractivity contribution in [2.24, 2.45) is 4.99 Å². The van der Waals surface area contributed by atoms with Crippen molar-refractivity contribution in [3.05, 3.63) is 74.6 Å². The van der Waals surface area contributed by atoms with Crippen molar-refractivity contribution in [1.82, 2.24) is 15.1 Å². The highest BCUT2D eigenvalue weighted by Crippen LogP contribution is 2.52. The van der Waals surface area contributed by atoms with Crippen molar-refractivity contribution < 1.29 is 33.0 Å². The van der Waals surface area contributed by atoms with Gasteiger partial charge in [-0.15, -0.1) is 11.3 Å². The third-order valence-corrected chi connectivity index (χ3v) is 9.95. The zero-order valence-corrected chi connectivity index (χ0v) is 24.5. The van der Waals surface area contributed by atoms with Crippen LogP contribution in [0.25, 0.3) is 5.57 Å². The number of aliphatic hydroxyl groups is 2. The Morgan fingerprint density at radius 2 is 1.95 bits per heavy atom. The second-order valence-electron chi connectivity index (χ2n) is 11.6. The highest BCUT2D eigenvalue weighted by atomic mass is 32.1. The second-order valence-corrected chi connectivity index (χ2v) is 12.5. The molecule has 6 rings (SSSR count). The number of thiophene rings is 1. The van der Waals surface area contributed by atoms with E-state index in [9.17, 15) is 33.0 Å². The minimum atomic E-state index is -4.59. The Morgan fingerprint density at radius 3 is 2.63 bits per heavy atom. The second kappa shape index (κ2) is 11.2. The maximum absolute atomic E-state index is 13.2. The zero-order chi connectivity index (χ0) is 30.5. The van der Waals surface area contributed by atoms with Gasteiger partial charge in [0.05, 0.1) is 11.0 Å². The van der Waals surface area contributed by atoms with Crippen LogP contribution in [0, 0.1) is 0 Å². The molecule has 1 aromatic heterocycles. The lowest BCUT2D eigenvalue weighted by atomic mass is 9.96. The fourth-order valence-electron chi connectivity index (χ4n) is 6.07. The minimum Gasteiger partial charge on any atom is -0.378 e. The van der Waals surface area contributed by atoms with Crippen LogP contribution in [0.2, 0.25) is 0 Å². The van der Waals surface area contributed by atoms with Gasteiger partial charge in [0, 0.05) is 49.3 Å². The molecule has 1 saturated carbocycles. The highest BCUT2D eigenvalue weighted by molar-refractivity contribution is 7.10. The summed E-state index contributed by atoms with van der Waals surface area (Å²) in [4.78, 5) is 33.9. The number of alkyl halides is 3. The van der Waals surface area contributed by atoms with E-state index in [1.165, 1.54) is 22.6 Å².